The van der Waals surface area contributed by atoms with E-state index >= 15 is 0 Å². The van der Waals surface area contributed by atoms with Gasteiger partial charge in [0.2, 0.25) is 0 Å². The van der Waals surface area contributed by atoms with Gasteiger partial charge in [0.15, 0.2) is 0 Å². The maximum Gasteiger partial charge on any atom is 0.0590 e. The van der Waals surface area contributed by atoms with Crippen LogP contribution in [-0.2, 0) is 12.8 Å². The highest BCUT2D eigenvalue weighted by molar-refractivity contribution is 7.12. The predicted octanol–water partition coefficient (Wildman–Crippen LogP) is 3.49. The maximum atomic E-state index is 5.66. The number of hydrogen-bond acceptors (Lipinski definition) is 3. The van der Waals surface area contributed by atoms with Crippen LogP contribution >= 0.6 is 11.3 Å². The van der Waals surface area contributed by atoms with E-state index in [-0.39, 0.29) is 6.04 Å². The molecule has 1 aromatic rings. The van der Waals surface area contributed by atoms with E-state index in [0.29, 0.717) is 0 Å². The first-order chi connectivity index (χ1) is 8.20. The first-order valence-corrected chi connectivity index (χ1v) is 7.24. The Morgan fingerprint density at radius 1 is 1.47 bits per heavy atom. The molecule has 3 N–H and O–H groups in total. The van der Waals surface area contributed by atoms with Gasteiger partial charge in [0.1, 0.15) is 0 Å². The fourth-order valence-electron chi connectivity index (χ4n) is 2.45. The lowest BCUT2D eigenvalue weighted by atomic mass is 10.1. The van der Waals surface area contributed by atoms with Crippen molar-refractivity contribution in [2.75, 3.05) is 0 Å². The molecule has 0 amide bonds. The van der Waals surface area contributed by atoms with Crippen LogP contribution in [0.25, 0.3) is 0 Å². The Morgan fingerprint density at radius 3 is 2.94 bits per heavy atom. The molecular weight excluding hydrogens is 228 g/mol. The summed E-state index contributed by atoms with van der Waals surface area (Å²) in [5.41, 5.74) is 5.66. The lowest BCUT2D eigenvalue weighted by molar-refractivity contribution is 0.558. The van der Waals surface area contributed by atoms with Crippen LogP contribution in [0.5, 0.6) is 0 Å². The van der Waals surface area contributed by atoms with Crippen molar-refractivity contribution in [3.8, 4) is 0 Å². The van der Waals surface area contributed by atoms with Gasteiger partial charge in [-0.25, -0.2) is 0 Å². The standard InChI is InChI=1S/C14H22N2S/c1-10(2)8-12(16-15)14-9-11-6-4-3-5-7-13(11)17-14/h9,12,16H,1,3-8,15H2,2H3. The minimum atomic E-state index is 0.240. The van der Waals surface area contributed by atoms with Gasteiger partial charge in [-0.1, -0.05) is 12.0 Å². The number of hydrogen-bond donors (Lipinski definition) is 2. The highest BCUT2D eigenvalue weighted by Crippen LogP contribution is 2.33. The fourth-order valence-corrected chi connectivity index (χ4v) is 3.77. The van der Waals surface area contributed by atoms with E-state index in [9.17, 15) is 0 Å². The van der Waals surface area contributed by atoms with Crippen molar-refractivity contribution in [3.63, 3.8) is 0 Å². The maximum absolute atomic E-state index is 5.66. The summed E-state index contributed by atoms with van der Waals surface area (Å²) in [7, 11) is 0. The number of hydrazine groups is 1. The SMILES string of the molecule is C=C(C)CC(NN)c1cc2c(s1)CCCCC2. The largest absolute Gasteiger partial charge is 0.271 e. The molecular formula is C14H22N2S. The van der Waals surface area contributed by atoms with Crippen molar-refractivity contribution in [3.05, 3.63) is 33.5 Å². The molecule has 0 saturated heterocycles. The van der Waals surface area contributed by atoms with Gasteiger partial charge in [0.25, 0.3) is 0 Å². The molecule has 94 valence electrons. The minimum absolute atomic E-state index is 0.240. The average molecular weight is 250 g/mol. The molecule has 3 heteroatoms. The molecule has 0 fully saturated rings. The topological polar surface area (TPSA) is 38.0 Å². The highest BCUT2D eigenvalue weighted by Gasteiger charge is 2.17. The van der Waals surface area contributed by atoms with Crippen molar-refractivity contribution >= 4 is 11.3 Å². The van der Waals surface area contributed by atoms with Gasteiger partial charge in [0, 0.05) is 9.75 Å². The molecule has 0 aromatic carbocycles. The van der Waals surface area contributed by atoms with Crippen molar-refractivity contribution in [2.24, 2.45) is 5.84 Å². The van der Waals surface area contributed by atoms with Crippen LogP contribution in [0.4, 0.5) is 0 Å². The molecule has 1 aliphatic rings. The van der Waals surface area contributed by atoms with E-state index in [1.807, 2.05) is 11.3 Å². The molecule has 0 bridgehead atoms. The molecule has 0 radical (unpaired) electrons. The molecule has 0 saturated carbocycles. The molecule has 17 heavy (non-hydrogen) atoms. The van der Waals surface area contributed by atoms with E-state index in [2.05, 4.69) is 25.0 Å². The predicted molar refractivity (Wildman–Crippen MR) is 75.1 cm³/mol. The first kappa shape index (κ1) is 12.8. The summed E-state index contributed by atoms with van der Waals surface area (Å²) in [6, 6.07) is 2.60. The Labute approximate surface area is 108 Å². The highest BCUT2D eigenvalue weighted by atomic mass is 32.1. The van der Waals surface area contributed by atoms with E-state index in [1.54, 1.807) is 10.4 Å². The van der Waals surface area contributed by atoms with Crippen LogP contribution in [0.15, 0.2) is 18.2 Å². The van der Waals surface area contributed by atoms with Crippen LogP contribution < -0.4 is 11.3 Å². The van der Waals surface area contributed by atoms with E-state index in [0.717, 1.165) is 6.42 Å². The quantitative estimate of drug-likeness (QED) is 0.371. The molecule has 1 atom stereocenters. The third-order valence-electron chi connectivity index (χ3n) is 3.36. The summed E-state index contributed by atoms with van der Waals surface area (Å²) in [5, 5.41) is 0. The van der Waals surface area contributed by atoms with Crippen LogP contribution in [0.2, 0.25) is 0 Å². The minimum Gasteiger partial charge on any atom is -0.271 e. The Hall–Kier alpha value is -0.640. The normalized spacial score (nSPS) is 17.3. The number of rotatable bonds is 4. The molecule has 2 nitrogen and oxygen atoms in total. The molecule has 1 aromatic heterocycles. The lowest BCUT2D eigenvalue weighted by Gasteiger charge is -2.13. The van der Waals surface area contributed by atoms with Crippen LogP contribution in [0.1, 0.15) is 54.0 Å². The Morgan fingerprint density at radius 2 is 2.24 bits per heavy atom. The van der Waals surface area contributed by atoms with Crippen molar-refractivity contribution in [2.45, 2.75) is 51.5 Å². The Bertz CT molecular complexity index is 371. The lowest BCUT2D eigenvalue weighted by Crippen LogP contribution is -2.27. The second-order valence-corrected chi connectivity index (χ2v) is 6.21. The third kappa shape index (κ3) is 3.18. The zero-order valence-corrected chi connectivity index (χ0v) is 11.4. The van der Waals surface area contributed by atoms with Crippen LogP contribution in [-0.4, -0.2) is 0 Å². The summed E-state index contributed by atoms with van der Waals surface area (Å²) in [4.78, 5) is 2.96. The van der Waals surface area contributed by atoms with E-state index < -0.39 is 0 Å². The smallest absolute Gasteiger partial charge is 0.0590 e. The van der Waals surface area contributed by atoms with Gasteiger partial charge in [0.05, 0.1) is 6.04 Å². The van der Waals surface area contributed by atoms with Gasteiger partial charge in [-0.05, 0) is 50.7 Å². The van der Waals surface area contributed by atoms with Crippen molar-refractivity contribution in [1.82, 2.24) is 5.43 Å². The molecule has 1 aliphatic carbocycles. The molecule has 1 heterocycles. The van der Waals surface area contributed by atoms with Crippen molar-refractivity contribution < 1.29 is 0 Å². The summed E-state index contributed by atoms with van der Waals surface area (Å²) < 4.78 is 0. The Kier molecular flexibility index (Phi) is 4.37. The van der Waals surface area contributed by atoms with Crippen LogP contribution in [0, 0.1) is 0 Å². The summed E-state index contributed by atoms with van der Waals surface area (Å²) in [6.45, 7) is 6.03. The third-order valence-corrected chi connectivity index (χ3v) is 4.71. The van der Waals surface area contributed by atoms with E-state index in [1.165, 1.54) is 42.6 Å². The van der Waals surface area contributed by atoms with Crippen molar-refractivity contribution in [1.29, 1.82) is 0 Å². The van der Waals surface area contributed by atoms with Gasteiger partial charge in [-0.2, -0.15) is 0 Å². The fraction of sp³-hybridized carbons (Fsp3) is 0.571. The monoisotopic (exact) mass is 250 g/mol. The zero-order valence-electron chi connectivity index (χ0n) is 10.6. The molecule has 0 aliphatic heterocycles. The van der Waals surface area contributed by atoms with Gasteiger partial charge >= 0.3 is 0 Å². The molecule has 0 spiro atoms. The van der Waals surface area contributed by atoms with Gasteiger partial charge in [-0.15, -0.1) is 17.9 Å². The second-order valence-electron chi connectivity index (χ2n) is 5.04. The number of nitrogens with one attached hydrogen (secondary N) is 1. The summed E-state index contributed by atoms with van der Waals surface area (Å²) in [5.74, 6) is 5.66. The summed E-state index contributed by atoms with van der Waals surface area (Å²) in [6.07, 6.45) is 7.48. The molecule has 1 unspecified atom stereocenters. The number of nitrogens with two attached hydrogens (primary N) is 1. The number of thiophene rings is 1. The first-order valence-electron chi connectivity index (χ1n) is 6.42. The summed E-state index contributed by atoms with van der Waals surface area (Å²) >= 11 is 1.94. The zero-order chi connectivity index (χ0) is 12.3. The average Bonchev–Trinajstić information content (AvgIpc) is 2.57. The van der Waals surface area contributed by atoms with Gasteiger partial charge in [-0.3, -0.25) is 11.3 Å². The number of aryl methyl sites for hydroxylation is 2. The molecule has 2 rings (SSSR count). The second kappa shape index (κ2) is 5.80. The number of fused-ring (bicyclic) bond motifs is 1. The Balaban J connectivity index is 2.17. The van der Waals surface area contributed by atoms with E-state index in [4.69, 9.17) is 5.84 Å². The van der Waals surface area contributed by atoms with Crippen LogP contribution in [0.3, 0.4) is 0 Å². The van der Waals surface area contributed by atoms with Gasteiger partial charge < -0.3 is 0 Å².